The van der Waals surface area contributed by atoms with Gasteiger partial charge in [0.25, 0.3) is 0 Å². The minimum Gasteiger partial charge on any atom is -0.466 e. The Kier molecular flexibility index (Phi) is 59.0. The quantitative estimate of drug-likeness (QED) is 0.0321. The first-order valence-corrected chi connectivity index (χ1v) is 31.8. The number of esters is 1. The average Bonchev–Trinajstić information content (AvgIpc) is 3.37. The van der Waals surface area contributed by atoms with E-state index >= 15 is 0 Å². The molecule has 0 aliphatic rings. The van der Waals surface area contributed by atoms with Crippen LogP contribution in [0.25, 0.3) is 0 Å². The van der Waals surface area contributed by atoms with Crippen LogP contribution in [-0.4, -0.2) is 47.4 Å². The molecule has 3 N–H and O–H groups in total. The van der Waals surface area contributed by atoms with E-state index in [4.69, 9.17) is 4.74 Å². The fourth-order valence-electron chi connectivity index (χ4n) is 9.74. The van der Waals surface area contributed by atoms with E-state index in [1.165, 1.54) is 270 Å². The normalized spacial score (nSPS) is 12.8. The average molecular weight is 999 g/mol. The molecule has 0 radical (unpaired) electrons. The summed E-state index contributed by atoms with van der Waals surface area (Å²) in [6.45, 7) is 4.89. The fourth-order valence-corrected chi connectivity index (χ4v) is 9.74. The van der Waals surface area contributed by atoms with Crippen molar-refractivity contribution in [2.75, 3.05) is 13.2 Å². The molecule has 0 aromatic carbocycles. The molecule has 0 aliphatic carbocycles. The summed E-state index contributed by atoms with van der Waals surface area (Å²) in [5, 5.41) is 23.0. The summed E-state index contributed by atoms with van der Waals surface area (Å²) >= 11 is 0. The summed E-state index contributed by atoms with van der Waals surface area (Å²) in [4.78, 5) is 24.5. The number of hydrogen-bond acceptors (Lipinski definition) is 5. The van der Waals surface area contributed by atoms with Gasteiger partial charge in [0.15, 0.2) is 0 Å². The maximum absolute atomic E-state index is 12.4. The van der Waals surface area contributed by atoms with Crippen molar-refractivity contribution in [3.63, 3.8) is 0 Å². The van der Waals surface area contributed by atoms with Gasteiger partial charge in [-0.05, 0) is 83.5 Å². The van der Waals surface area contributed by atoms with Crippen LogP contribution < -0.4 is 5.32 Å². The van der Waals surface area contributed by atoms with Crippen LogP contribution in [0.1, 0.15) is 341 Å². The lowest BCUT2D eigenvalue weighted by atomic mass is 10.0. The van der Waals surface area contributed by atoms with E-state index in [0.717, 1.165) is 44.9 Å². The number of aliphatic hydroxyl groups is 2. The number of amides is 1. The van der Waals surface area contributed by atoms with Crippen molar-refractivity contribution in [3.8, 4) is 0 Å². The lowest BCUT2D eigenvalue weighted by Gasteiger charge is -2.20. The molecule has 0 heterocycles. The van der Waals surface area contributed by atoms with Crippen molar-refractivity contribution in [3.05, 3.63) is 36.5 Å². The summed E-state index contributed by atoms with van der Waals surface area (Å²) in [6.07, 6.45) is 76.3. The molecule has 0 saturated carbocycles. The number of carbonyl (C=O) groups is 2. The van der Waals surface area contributed by atoms with Crippen LogP contribution in [0, 0.1) is 0 Å². The SMILES string of the molecule is CCCCCCCCC/C=C\CCCCCCCC(=O)OCCCCCCCCCCCCCC/C=C\CCCCCCCCCCCCCCC(=O)NC(CO)C(O)/C=C/CCCCCCCCCC. The molecule has 0 aliphatic heterocycles. The molecule has 418 valence electrons. The van der Waals surface area contributed by atoms with Crippen LogP contribution in [0.15, 0.2) is 36.5 Å². The second kappa shape index (κ2) is 60.6. The number of ether oxygens (including phenoxy) is 1. The van der Waals surface area contributed by atoms with Gasteiger partial charge in [0.1, 0.15) is 0 Å². The van der Waals surface area contributed by atoms with Gasteiger partial charge in [-0.3, -0.25) is 9.59 Å². The minimum atomic E-state index is -0.842. The van der Waals surface area contributed by atoms with Crippen LogP contribution in [0.4, 0.5) is 0 Å². The second-order valence-corrected chi connectivity index (χ2v) is 21.7. The summed E-state index contributed by atoms with van der Waals surface area (Å²) < 4.78 is 5.49. The smallest absolute Gasteiger partial charge is 0.305 e. The van der Waals surface area contributed by atoms with Gasteiger partial charge in [0.05, 0.1) is 25.4 Å². The van der Waals surface area contributed by atoms with Crippen LogP contribution in [0.5, 0.6) is 0 Å². The Bertz CT molecular complexity index is 1150. The molecule has 2 unspecified atom stereocenters. The van der Waals surface area contributed by atoms with E-state index in [9.17, 15) is 19.8 Å². The van der Waals surface area contributed by atoms with Crippen LogP contribution in [-0.2, 0) is 14.3 Å². The summed E-state index contributed by atoms with van der Waals surface area (Å²) in [5.74, 6) is -0.0614. The summed E-state index contributed by atoms with van der Waals surface area (Å²) in [7, 11) is 0. The van der Waals surface area contributed by atoms with Gasteiger partial charge in [-0.15, -0.1) is 0 Å². The zero-order chi connectivity index (χ0) is 51.4. The Balaban J connectivity index is 3.36. The lowest BCUT2D eigenvalue weighted by molar-refractivity contribution is -0.143. The van der Waals surface area contributed by atoms with E-state index < -0.39 is 12.1 Å². The minimum absolute atomic E-state index is 0.00800. The highest BCUT2D eigenvalue weighted by atomic mass is 16.5. The Morgan fingerprint density at radius 2 is 0.662 bits per heavy atom. The zero-order valence-electron chi connectivity index (χ0n) is 47.7. The van der Waals surface area contributed by atoms with Gasteiger partial charge in [0.2, 0.25) is 5.91 Å². The Hall–Kier alpha value is -1.92. The molecule has 0 bridgehead atoms. The predicted molar refractivity (Wildman–Crippen MR) is 310 cm³/mol. The topological polar surface area (TPSA) is 95.9 Å². The monoisotopic (exact) mass is 998 g/mol. The number of rotatable bonds is 59. The van der Waals surface area contributed by atoms with Crippen LogP contribution in [0.2, 0.25) is 0 Å². The molecule has 6 nitrogen and oxygen atoms in total. The van der Waals surface area contributed by atoms with E-state index in [2.05, 4.69) is 43.5 Å². The van der Waals surface area contributed by atoms with Crippen LogP contribution in [0.3, 0.4) is 0 Å². The molecule has 2 atom stereocenters. The molecule has 71 heavy (non-hydrogen) atoms. The van der Waals surface area contributed by atoms with Gasteiger partial charge < -0.3 is 20.3 Å². The van der Waals surface area contributed by atoms with Crippen molar-refractivity contribution in [2.24, 2.45) is 0 Å². The molecule has 0 fully saturated rings. The first kappa shape index (κ1) is 69.1. The Labute approximate surface area is 443 Å². The number of aliphatic hydroxyl groups excluding tert-OH is 2. The van der Waals surface area contributed by atoms with E-state index in [-0.39, 0.29) is 18.5 Å². The van der Waals surface area contributed by atoms with Crippen molar-refractivity contribution in [1.82, 2.24) is 5.32 Å². The molecule has 0 aromatic heterocycles. The highest BCUT2D eigenvalue weighted by Gasteiger charge is 2.18. The highest BCUT2D eigenvalue weighted by molar-refractivity contribution is 5.76. The van der Waals surface area contributed by atoms with E-state index in [0.29, 0.717) is 19.4 Å². The fraction of sp³-hybridized carbons (Fsp3) is 0.877. The van der Waals surface area contributed by atoms with Crippen molar-refractivity contribution < 1.29 is 24.5 Å². The van der Waals surface area contributed by atoms with Gasteiger partial charge in [-0.25, -0.2) is 0 Å². The molecular weight excluding hydrogens is 875 g/mol. The third-order valence-electron chi connectivity index (χ3n) is 14.6. The van der Waals surface area contributed by atoms with Crippen LogP contribution >= 0.6 is 0 Å². The maximum atomic E-state index is 12.4. The van der Waals surface area contributed by atoms with E-state index in [1.54, 1.807) is 6.08 Å². The molecule has 1 amide bonds. The Morgan fingerprint density at radius 3 is 1.00 bits per heavy atom. The highest BCUT2D eigenvalue weighted by Crippen LogP contribution is 2.17. The second-order valence-electron chi connectivity index (χ2n) is 21.7. The zero-order valence-corrected chi connectivity index (χ0v) is 47.7. The van der Waals surface area contributed by atoms with Gasteiger partial charge in [0, 0.05) is 12.8 Å². The number of carbonyl (C=O) groups excluding carboxylic acids is 2. The Morgan fingerprint density at radius 1 is 0.380 bits per heavy atom. The third-order valence-corrected chi connectivity index (χ3v) is 14.6. The van der Waals surface area contributed by atoms with Crippen molar-refractivity contribution in [1.29, 1.82) is 0 Å². The number of hydrogen-bond donors (Lipinski definition) is 3. The first-order valence-electron chi connectivity index (χ1n) is 31.8. The lowest BCUT2D eigenvalue weighted by Crippen LogP contribution is -2.45. The molecular formula is C65H123NO5. The van der Waals surface area contributed by atoms with Crippen molar-refractivity contribution in [2.45, 2.75) is 353 Å². The van der Waals surface area contributed by atoms with Gasteiger partial charge in [-0.2, -0.15) is 0 Å². The largest absolute Gasteiger partial charge is 0.466 e. The first-order chi connectivity index (χ1) is 35.0. The predicted octanol–water partition coefficient (Wildman–Crippen LogP) is 20.0. The number of allylic oxidation sites excluding steroid dienone is 5. The van der Waals surface area contributed by atoms with Gasteiger partial charge in [-0.1, -0.05) is 281 Å². The molecule has 0 aromatic rings. The number of unbranched alkanes of at least 4 members (excludes halogenated alkanes) is 44. The molecule has 6 heteroatoms. The van der Waals surface area contributed by atoms with E-state index in [1.807, 2.05) is 6.08 Å². The summed E-state index contributed by atoms with van der Waals surface area (Å²) in [6, 6.07) is -0.626. The third kappa shape index (κ3) is 57.2. The van der Waals surface area contributed by atoms with Gasteiger partial charge >= 0.3 is 5.97 Å². The summed E-state index contributed by atoms with van der Waals surface area (Å²) in [5.41, 5.74) is 0. The molecule has 0 saturated heterocycles. The number of nitrogens with one attached hydrogen (secondary N) is 1. The van der Waals surface area contributed by atoms with Crippen molar-refractivity contribution >= 4 is 11.9 Å². The standard InChI is InChI=1S/C65H123NO5/c1-3-5-7-9-11-13-15-16-17-33-36-39-43-47-51-55-59-65(70)71-60-56-52-48-44-40-37-34-31-29-27-25-23-21-19-18-20-22-24-26-28-30-32-35-38-42-46-50-54-58-64(69)66-62(61-67)63(68)57-53-49-45-41-14-12-10-8-6-4-2/h17-19,33,53,57,62-63,67-68H,3-16,20-32,34-52,54-56,58-61H2,1-2H3,(H,66,69)/b19-18-,33-17-,57-53+. The molecule has 0 rings (SSSR count). The molecule has 0 spiro atoms. The maximum Gasteiger partial charge on any atom is 0.305 e.